The van der Waals surface area contributed by atoms with Gasteiger partial charge in [0, 0.05) is 23.2 Å². The fourth-order valence-electron chi connectivity index (χ4n) is 2.39. The Kier molecular flexibility index (Phi) is 4.55. The van der Waals surface area contributed by atoms with Gasteiger partial charge in [-0.3, -0.25) is 5.10 Å². The molecular formula is C14H21N3O2S2. The molecule has 0 amide bonds. The number of sulfonamides is 1. The Bertz CT molecular complexity index is 712. The molecule has 1 unspecified atom stereocenters. The first-order valence-corrected chi connectivity index (χ1v) is 9.12. The van der Waals surface area contributed by atoms with E-state index in [1.165, 1.54) is 15.6 Å². The van der Waals surface area contributed by atoms with Crippen LogP contribution in [-0.4, -0.2) is 30.0 Å². The number of nitrogens with zero attached hydrogens (tertiary/aromatic N) is 2. The van der Waals surface area contributed by atoms with Crippen molar-refractivity contribution in [3.05, 3.63) is 34.0 Å². The van der Waals surface area contributed by atoms with Crippen molar-refractivity contribution in [1.82, 2.24) is 14.5 Å². The Hall–Kier alpha value is -1.18. The molecule has 0 aliphatic rings. The van der Waals surface area contributed by atoms with Crippen molar-refractivity contribution in [1.29, 1.82) is 0 Å². The number of H-pyrrole nitrogens is 1. The first-order valence-electron chi connectivity index (χ1n) is 6.87. The van der Waals surface area contributed by atoms with Gasteiger partial charge in [0.2, 0.25) is 0 Å². The van der Waals surface area contributed by atoms with Crippen LogP contribution in [0.1, 0.15) is 41.7 Å². The van der Waals surface area contributed by atoms with E-state index in [0.29, 0.717) is 4.21 Å². The molecule has 0 saturated carbocycles. The number of aromatic nitrogens is 2. The number of aryl methyl sites for hydroxylation is 3. The van der Waals surface area contributed by atoms with Gasteiger partial charge in [0.05, 0.1) is 11.7 Å². The lowest BCUT2D eigenvalue weighted by Gasteiger charge is -2.24. The number of hydrogen-bond donors (Lipinski definition) is 1. The summed E-state index contributed by atoms with van der Waals surface area (Å²) in [6.45, 7) is 7.70. The summed E-state index contributed by atoms with van der Waals surface area (Å²) in [4.78, 5) is 1.07. The summed E-state index contributed by atoms with van der Waals surface area (Å²) in [5.41, 5.74) is 2.68. The standard InChI is InChI=1S/C14H21N3O2S2/c1-6-12-7-8-13(20-12)21(18,19)17(5)11(4)14-9(2)15-16-10(14)3/h7-8,11H,6H2,1-5H3,(H,15,16). The lowest BCUT2D eigenvalue weighted by Crippen LogP contribution is -2.29. The number of nitrogens with one attached hydrogen (secondary N) is 1. The van der Waals surface area contributed by atoms with E-state index in [1.807, 2.05) is 33.8 Å². The number of rotatable bonds is 5. The quantitative estimate of drug-likeness (QED) is 0.918. The molecule has 2 heterocycles. The molecule has 0 fully saturated rings. The molecule has 7 heteroatoms. The van der Waals surface area contributed by atoms with Crippen molar-refractivity contribution in [2.75, 3.05) is 7.05 Å². The van der Waals surface area contributed by atoms with Crippen molar-refractivity contribution in [3.63, 3.8) is 0 Å². The van der Waals surface area contributed by atoms with E-state index in [2.05, 4.69) is 10.2 Å². The monoisotopic (exact) mass is 327 g/mol. The van der Waals surface area contributed by atoms with E-state index < -0.39 is 10.0 Å². The van der Waals surface area contributed by atoms with Gasteiger partial charge in [0.15, 0.2) is 0 Å². The van der Waals surface area contributed by atoms with Crippen LogP contribution in [0.2, 0.25) is 0 Å². The first kappa shape index (κ1) is 16.2. The fraction of sp³-hybridized carbons (Fsp3) is 0.500. The lowest BCUT2D eigenvalue weighted by molar-refractivity contribution is 0.397. The lowest BCUT2D eigenvalue weighted by atomic mass is 10.1. The van der Waals surface area contributed by atoms with Crippen molar-refractivity contribution >= 4 is 21.4 Å². The molecule has 21 heavy (non-hydrogen) atoms. The first-order chi connectivity index (χ1) is 9.78. The van der Waals surface area contributed by atoms with Crippen LogP contribution in [0, 0.1) is 13.8 Å². The fourth-order valence-corrected chi connectivity index (χ4v) is 5.21. The maximum absolute atomic E-state index is 12.7. The maximum atomic E-state index is 12.7. The summed E-state index contributed by atoms with van der Waals surface area (Å²) in [5.74, 6) is 0. The minimum Gasteiger partial charge on any atom is -0.282 e. The SMILES string of the molecule is CCc1ccc(S(=O)(=O)N(C)C(C)c2c(C)n[nH]c2C)s1. The van der Waals surface area contributed by atoms with Gasteiger partial charge in [-0.05, 0) is 39.3 Å². The average molecular weight is 327 g/mol. The summed E-state index contributed by atoms with van der Waals surface area (Å²) < 4.78 is 27.3. The van der Waals surface area contributed by atoms with Gasteiger partial charge >= 0.3 is 0 Å². The number of thiophene rings is 1. The highest BCUT2D eigenvalue weighted by Gasteiger charge is 2.30. The molecule has 0 saturated heterocycles. The molecule has 2 rings (SSSR count). The summed E-state index contributed by atoms with van der Waals surface area (Å²) in [6, 6.07) is 3.31. The predicted molar refractivity (Wildman–Crippen MR) is 85.1 cm³/mol. The summed E-state index contributed by atoms with van der Waals surface area (Å²) in [5, 5.41) is 7.06. The molecule has 0 spiro atoms. The van der Waals surface area contributed by atoms with Gasteiger partial charge in [-0.25, -0.2) is 8.42 Å². The van der Waals surface area contributed by atoms with E-state index in [1.54, 1.807) is 13.1 Å². The smallest absolute Gasteiger partial charge is 0.252 e. The normalized spacial score (nSPS) is 13.8. The Morgan fingerprint density at radius 3 is 2.52 bits per heavy atom. The molecule has 1 N–H and O–H groups in total. The van der Waals surface area contributed by atoms with Crippen LogP contribution in [0.3, 0.4) is 0 Å². The Morgan fingerprint density at radius 2 is 2.05 bits per heavy atom. The van der Waals surface area contributed by atoms with E-state index in [-0.39, 0.29) is 6.04 Å². The van der Waals surface area contributed by atoms with E-state index in [9.17, 15) is 8.42 Å². The van der Waals surface area contributed by atoms with Gasteiger partial charge in [-0.2, -0.15) is 9.40 Å². The molecule has 1 atom stereocenters. The maximum Gasteiger partial charge on any atom is 0.252 e. The van der Waals surface area contributed by atoms with E-state index in [0.717, 1.165) is 28.2 Å². The third kappa shape index (κ3) is 2.90. The number of hydrogen-bond acceptors (Lipinski definition) is 4. The van der Waals surface area contributed by atoms with Crippen LogP contribution < -0.4 is 0 Å². The van der Waals surface area contributed by atoms with Crippen LogP contribution in [0.15, 0.2) is 16.3 Å². The van der Waals surface area contributed by atoms with Crippen molar-refractivity contribution in [3.8, 4) is 0 Å². The highest BCUT2D eigenvalue weighted by Crippen LogP contribution is 2.31. The third-order valence-electron chi connectivity index (χ3n) is 3.77. The molecule has 2 aromatic rings. The second-order valence-corrected chi connectivity index (χ2v) is 8.51. The molecule has 2 aromatic heterocycles. The molecule has 0 aliphatic carbocycles. The van der Waals surface area contributed by atoms with E-state index in [4.69, 9.17) is 0 Å². The molecule has 0 aromatic carbocycles. The van der Waals surface area contributed by atoms with Crippen LogP contribution >= 0.6 is 11.3 Å². The van der Waals surface area contributed by atoms with Crippen molar-refractivity contribution in [2.45, 2.75) is 44.4 Å². The third-order valence-corrected chi connectivity index (χ3v) is 7.39. The molecule has 0 aliphatic heterocycles. The van der Waals surface area contributed by atoms with Gasteiger partial charge < -0.3 is 0 Å². The van der Waals surface area contributed by atoms with Crippen LogP contribution in [-0.2, 0) is 16.4 Å². The Balaban J connectivity index is 2.36. The van der Waals surface area contributed by atoms with Crippen molar-refractivity contribution < 1.29 is 8.42 Å². The molecule has 0 radical (unpaired) electrons. The highest BCUT2D eigenvalue weighted by molar-refractivity contribution is 7.91. The zero-order valence-corrected chi connectivity index (χ0v) is 14.6. The average Bonchev–Trinajstić information content (AvgIpc) is 3.04. The number of aromatic amines is 1. The van der Waals surface area contributed by atoms with Crippen LogP contribution in [0.4, 0.5) is 0 Å². The minimum absolute atomic E-state index is 0.263. The minimum atomic E-state index is -3.48. The zero-order valence-electron chi connectivity index (χ0n) is 13.0. The van der Waals surface area contributed by atoms with Crippen LogP contribution in [0.5, 0.6) is 0 Å². The largest absolute Gasteiger partial charge is 0.282 e. The Morgan fingerprint density at radius 1 is 1.38 bits per heavy atom. The molecule has 0 bridgehead atoms. The molecule has 5 nitrogen and oxygen atoms in total. The zero-order chi connectivity index (χ0) is 15.8. The van der Waals surface area contributed by atoms with Gasteiger partial charge in [0.25, 0.3) is 10.0 Å². The van der Waals surface area contributed by atoms with Gasteiger partial charge in [-0.15, -0.1) is 11.3 Å². The summed E-state index contributed by atoms with van der Waals surface area (Å²) in [7, 11) is -1.85. The second-order valence-electron chi connectivity index (χ2n) is 5.12. The predicted octanol–water partition coefficient (Wildman–Crippen LogP) is 3.03. The van der Waals surface area contributed by atoms with Crippen molar-refractivity contribution in [2.24, 2.45) is 0 Å². The molecular weight excluding hydrogens is 306 g/mol. The highest BCUT2D eigenvalue weighted by atomic mass is 32.2. The second kappa shape index (κ2) is 5.90. The summed E-state index contributed by atoms with van der Waals surface area (Å²) in [6.07, 6.45) is 0.847. The van der Waals surface area contributed by atoms with Gasteiger partial charge in [-0.1, -0.05) is 6.92 Å². The van der Waals surface area contributed by atoms with Crippen LogP contribution in [0.25, 0.3) is 0 Å². The molecule has 116 valence electrons. The van der Waals surface area contributed by atoms with E-state index >= 15 is 0 Å². The Labute approximate surface area is 130 Å². The summed E-state index contributed by atoms with van der Waals surface area (Å²) >= 11 is 1.34. The van der Waals surface area contributed by atoms with Gasteiger partial charge in [0.1, 0.15) is 4.21 Å². The topological polar surface area (TPSA) is 66.1 Å².